The minimum Gasteiger partial charge on any atom is -0.347 e. The van der Waals surface area contributed by atoms with Crippen molar-refractivity contribution in [2.75, 3.05) is 19.0 Å². The van der Waals surface area contributed by atoms with Crippen molar-refractivity contribution in [3.8, 4) is 11.3 Å². The molecule has 0 N–H and O–H groups in total. The quantitative estimate of drug-likeness (QED) is 0.729. The Bertz CT molecular complexity index is 717. The lowest BCUT2D eigenvalue weighted by molar-refractivity contribution is 0.997. The summed E-state index contributed by atoms with van der Waals surface area (Å²) in [5.74, 6) is 0.693. The Morgan fingerprint density at radius 3 is 2.47 bits per heavy atom. The first-order valence-electron chi connectivity index (χ1n) is 5.77. The third kappa shape index (κ3) is 2.19. The molecule has 0 bridgehead atoms. The lowest BCUT2D eigenvalue weighted by Gasteiger charge is -2.09. The molecule has 0 aliphatic heterocycles. The molecule has 6 heteroatoms. The fourth-order valence-electron chi connectivity index (χ4n) is 1.85. The summed E-state index contributed by atoms with van der Waals surface area (Å²) < 4.78 is 3.02. The minimum atomic E-state index is 0.693. The van der Waals surface area contributed by atoms with E-state index in [-0.39, 0.29) is 0 Å². The fourth-order valence-corrected chi connectivity index (χ4v) is 2.19. The van der Waals surface area contributed by atoms with E-state index in [1.54, 1.807) is 0 Å². The van der Waals surface area contributed by atoms with E-state index in [9.17, 15) is 0 Å². The lowest BCUT2D eigenvalue weighted by Crippen LogP contribution is -2.12. The Hall–Kier alpha value is -1.95. The van der Waals surface area contributed by atoms with E-state index in [1.807, 2.05) is 60.3 Å². The molecular formula is C13H12BrN5. The predicted molar refractivity (Wildman–Crippen MR) is 78.2 cm³/mol. The number of hydrogen-bond acceptors (Lipinski definition) is 4. The molecule has 0 aliphatic carbocycles. The van der Waals surface area contributed by atoms with E-state index >= 15 is 0 Å². The third-order valence-electron chi connectivity index (χ3n) is 2.80. The molecule has 96 valence electrons. The van der Waals surface area contributed by atoms with Crippen LogP contribution in [-0.4, -0.2) is 33.4 Å². The molecule has 3 heterocycles. The zero-order valence-electron chi connectivity index (χ0n) is 10.6. The molecule has 3 rings (SSSR count). The summed E-state index contributed by atoms with van der Waals surface area (Å²) in [4.78, 5) is 14.9. The molecule has 0 fully saturated rings. The molecule has 3 aromatic heterocycles. The van der Waals surface area contributed by atoms with Gasteiger partial charge in [0.25, 0.3) is 0 Å². The van der Waals surface area contributed by atoms with Gasteiger partial charge in [-0.25, -0.2) is 15.0 Å². The maximum atomic E-state index is 4.37. The molecule has 0 atom stereocenters. The highest BCUT2D eigenvalue weighted by molar-refractivity contribution is 9.10. The van der Waals surface area contributed by atoms with Crippen LogP contribution in [0.3, 0.4) is 0 Å². The van der Waals surface area contributed by atoms with Gasteiger partial charge in [0.15, 0.2) is 0 Å². The molecule has 0 aromatic carbocycles. The molecule has 19 heavy (non-hydrogen) atoms. The Morgan fingerprint density at radius 2 is 1.79 bits per heavy atom. The SMILES string of the molecule is CN(C)c1ncc(-c2cnc3ccc(Br)cn23)cn1. The molecule has 0 aliphatic rings. The average Bonchev–Trinajstić information content (AvgIpc) is 2.81. The first kappa shape index (κ1) is 12.1. The van der Waals surface area contributed by atoms with Gasteiger partial charge in [-0.3, -0.25) is 4.40 Å². The van der Waals surface area contributed by atoms with Gasteiger partial charge in [0.05, 0.1) is 11.9 Å². The van der Waals surface area contributed by atoms with Gasteiger partial charge in [-0.1, -0.05) is 0 Å². The largest absolute Gasteiger partial charge is 0.347 e. The summed E-state index contributed by atoms with van der Waals surface area (Å²) in [7, 11) is 3.83. The van der Waals surface area contributed by atoms with E-state index in [4.69, 9.17) is 0 Å². The van der Waals surface area contributed by atoms with Gasteiger partial charge in [-0.05, 0) is 28.1 Å². The molecule has 0 radical (unpaired) electrons. The van der Waals surface area contributed by atoms with Crippen molar-refractivity contribution in [1.82, 2.24) is 19.4 Å². The van der Waals surface area contributed by atoms with E-state index in [0.29, 0.717) is 5.95 Å². The van der Waals surface area contributed by atoms with E-state index in [2.05, 4.69) is 30.9 Å². The zero-order chi connectivity index (χ0) is 13.4. The van der Waals surface area contributed by atoms with Gasteiger partial charge in [0, 0.05) is 42.7 Å². The predicted octanol–water partition coefficient (Wildman–Crippen LogP) is 2.62. The monoisotopic (exact) mass is 317 g/mol. The second-order valence-corrected chi connectivity index (χ2v) is 5.30. The smallest absolute Gasteiger partial charge is 0.224 e. The van der Waals surface area contributed by atoms with Crippen LogP contribution in [0.15, 0.2) is 41.4 Å². The van der Waals surface area contributed by atoms with Gasteiger partial charge in [-0.15, -0.1) is 0 Å². The van der Waals surface area contributed by atoms with Crippen LogP contribution in [0, 0.1) is 0 Å². The number of aromatic nitrogens is 4. The standard InChI is InChI=1S/C13H12BrN5/c1-18(2)13-16-5-9(6-17-13)11-7-15-12-4-3-10(14)8-19(11)12/h3-8H,1-2H3. The topological polar surface area (TPSA) is 46.3 Å². The molecule has 0 saturated carbocycles. The van der Waals surface area contributed by atoms with E-state index < -0.39 is 0 Å². The van der Waals surface area contributed by atoms with Crippen molar-refractivity contribution in [2.24, 2.45) is 0 Å². The van der Waals surface area contributed by atoms with Crippen molar-refractivity contribution >= 4 is 27.5 Å². The zero-order valence-corrected chi connectivity index (χ0v) is 12.2. The second kappa shape index (κ2) is 4.62. The van der Waals surface area contributed by atoms with Gasteiger partial charge in [0.2, 0.25) is 5.95 Å². The Kier molecular flexibility index (Phi) is 2.94. The highest BCUT2D eigenvalue weighted by Crippen LogP contribution is 2.22. The molecular weight excluding hydrogens is 306 g/mol. The normalized spacial score (nSPS) is 10.9. The van der Waals surface area contributed by atoms with Crippen molar-refractivity contribution in [3.05, 3.63) is 41.4 Å². The number of imidazole rings is 1. The van der Waals surface area contributed by atoms with Crippen molar-refractivity contribution < 1.29 is 0 Å². The van der Waals surface area contributed by atoms with Crippen molar-refractivity contribution in [2.45, 2.75) is 0 Å². The number of hydrogen-bond donors (Lipinski definition) is 0. The van der Waals surface area contributed by atoms with Gasteiger partial charge in [-0.2, -0.15) is 0 Å². The van der Waals surface area contributed by atoms with Crippen LogP contribution in [0.4, 0.5) is 5.95 Å². The summed E-state index contributed by atoms with van der Waals surface area (Å²) >= 11 is 3.47. The lowest BCUT2D eigenvalue weighted by atomic mass is 10.2. The van der Waals surface area contributed by atoms with Gasteiger partial charge < -0.3 is 4.90 Å². The number of halogens is 1. The number of anilines is 1. The molecule has 0 saturated heterocycles. The van der Waals surface area contributed by atoms with Crippen LogP contribution in [0.25, 0.3) is 16.9 Å². The molecule has 0 unspecified atom stereocenters. The first-order valence-corrected chi connectivity index (χ1v) is 6.57. The van der Waals surface area contributed by atoms with Crippen molar-refractivity contribution in [1.29, 1.82) is 0 Å². The summed E-state index contributed by atoms with van der Waals surface area (Å²) in [5, 5.41) is 0. The highest BCUT2D eigenvalue weighted by Gasteiger charge is 2.08. The van der Waals surface area contributed by atoms with Gasteiger partial charge >= 0.3 is 0 Å². The number of fused-ring (bicyclic) bond motifs is 1. The van der Waals surface area contributed by atoms with Gasteiger partial charge in [0.1, 0.15) is 5.65 Å². The fraction of sp³-hybridized carbons (Fsp3) is 0.154. The number of rotatable bonds is 2. The van der Waals surface area contributed by atoms with Crippen molar-refractivity contribution in [3.63, 3.8) is 0 Å². The summed E-state index contributed by atoms with van der Waals surface area (Å²) in [6.07, 6.45) is 7.44. The number of nitrogens with zero attached hydrogens (tertiary/aromatic N) is 5. The van der Waals surface area contributed by atoms with Crippen LogP contribution in [0.5, 0.6) is 0 Å². The Balaban J connectivity index is 2.11. The Labute approximate surface area is 119 Å². The van der Waals surface area contributed by atoms with Crippen LogP contribution >= 0.6 is 15.9 Å². The van der Waals surface area contributed by atoms with Crippen LogP contribution < -0.4 is 4.90 Å². The van der Waals surface area contributed by atoms with E-state index in [0.717, 1.165) is 21.4 Å². The average molecular weight is 318 g/mol. The highest BCUT2D eigenvalue weighted by atomic mass is 79.9. The molecule has 3 aromatic rings. The first-order chi connectivity index (χ1) is 9.15. The molecule has 5 nitrogen and oxygen atoms in total. The number of pyridine rings is 1. The van der Waals surface area contributed by atoms with Crippen LogP contribution in [-0.2, 0) is 0 Å². The molecule has 0 spiro atoms. The third-order valence-corrected chi connectivity index (χ3v) is 3.27. The minimum absolute atomic E-state index is 0.693. The molecule has 0 amide bonds. The maximum absolute atomic E-state index is 4.37. The summed E-state index contributed by atoms with van der Waals surface area (Å²) in [5.41, 5.74) is 2.81. The summed E-state index contributed by atoms with van der Waals surface area (Å²) in [6, 6.07) is 3.93. The van der Waals surface area contributed by atoms with E-state index in [1.165, 1.54) is 0 Å². The van der Waals surface area contributed by atoms with Crippen LogP contribution in [0.1, 0.15) is 0 Å². The maximum Gasteiger partial charge on any atom is 0.224 e. The second-order valence-electron chi connectivity index (χ2n) is 4.39. The Morgan fingerprint density at radius 1 is 1.05 bits per heavy atom. The summed E-state index contributed by atoms with van der Waals surface area (Å²) in [6.45, 7) is 0. The van der Waals surface area contributed by atoms with Crippen LogP contribution in [0.2, 0.25) is 0 Å².